The van der Waals surface area contributed by atoms with Gasteiger partial charge in [0.25, 0.3) is 5.56 Å². The van der Waals surface area contributed by atoms with Crippen LogP contribution in [0.1, 0.15) is 33.1 Å². The Morgan fingerprint density at radius 3 is 2.26 bits per heavy atom. The molecule has 0 saturated carbocycles. The number of methoxy groups -OCH3 is 2. The van der Waals surface area contributed by atoms with Crippen LogP contribution in [0.2, 0.25) is 0 Å². The fourth-order valence-electron chi connectivity index (χ4n) is 4.91. The van der Waals surface area contributed by atoms with Gasteiger partial charge in [-0.1, -0.05) is 18.2 Å². The molecular weight excluding hydrogens is 527 g/mol. The zero-order chi connectivity index (χ0) is 27.8. The number of fused-ring (bicyclic) bond motifs is 1. The van der Waals surface area contributed by atoms with E-state index in [4.69, 9.17) is 9.47 Å². The average molecular weight is 552 g/mol. The van der Waals surface area contributed by atoms with Gasteiger partial charge in [-0.05, 0) is 60.5 Å². The van der Waals surface area contributed by atoms with Gasteiger partial charge in [-0.25, -0.2) is 13.2 Å². The zero-order valence-electron chi connectivity index (χ0n) is 21.4. The molecule has 1 aliphatic heterocycles. The number of ether oxygens (including phenoxy) is 2. The summed E-state index contributed by atoms with van der Waals surface area (Å²) in [5.41, 5.74) is 0.454. The van der Waals surface area contributed by atoms with Crippen LogP contribution in [-0.2, 0) is 6.42 Å². The molecule has 5 nitrogen and oxygen atoms in total. The number of pyridine rings is 1. The van der Waals surface area contributed by atoms with Crippen molar-refractivity contribution in [2.75, 3.05) is 20.0 Å². The van der Waals surface area contributed by atoms with Crippen LogP contribution in [0.5, 0.6) is 11.5 Å². The highest BCUT2D eigenvalue weighted by Gasteiger charge is 2.36. The zero-order valence-corrected chi connectivity index (χ0v) is 22.2. The summed E-state index contributed by atoms with van der Waals surface area (Å²) < 4.78 is 56.5. The number of carbonyl (C=O) groups is 1. The number of carbonyl (C=O) groups excluding carboxylic acids is 1. The van der Waals surface area contributed by atoms with Gasteiger partial charge in [-0.2, -0.15) is 0 Å². The first-order valence-electron chi connectivity index (χ1n) is 12.1. The van der Waals surface area contributed by atoms with Gasteiger partial charge >= 0.3 is 0 Å². The van der Waals surface area contributed by atoms with Gasteiger partial charge in [-0.15, -0.1) is 11.8 Å². The Morgan fingerprint density at radius 1 is 0.949 bits per heavy atom. The van der Waals surface area contributed by atoms with E-state index in [0.29, 0.717) is 27.5 Å². The molecule has 200 valence electrons. The molecule has 0 aliphatic carbocycles. The molecule has 1 aliphatic rings. The lowest BCUT2D eigenvalue weighted by Gasteiger charge is -2.21. The fourth-order valence-corrected chi connectivity index (χ4v) is 6.27. The quantitative estimate of drug-likeness (QED) is 0.250. The number of halogens is 3. The Kier molecular flexibility index (Phi) is 7.27. The van der Waals surface area contributed by atoms with Crippen LogP contribution in [-0.4, -0.2) is 30.3 Å². The summed E-state index contributed by atoms with van der Waals surface area (Å²) in [6.07, 6.45) is -0.186. The van der Waals surface area contributed by atoms with E-state index in [1.807, 2.05) is 0 Å². The first-order chi connectivity index (χ1) is 18.8. The van der Waals surface area contributed by atoms with Gasteiger partial charge < -0.3 is 9.47 Å². The molecule has 0 saturated heterocycles. The molecule has 2 heterocycles. The maximum Gasteiger partial charge on any atom is 0.260 e. The topological polar surface area (TPSA) is 57.5 Å². The Bertz CT molecular complexity index is 1630. The van der Waals surface area contributed by atoms with Gasteiger partial charge in [0, 0.05) is 28.9 Å². The molecule has 1 atom stereocenters. The molecule has 0 spiro atoms. The van der Waals surface area contributed by atoms with Crippen molar-refractivity contribution >= 4 is 17.5 Å². The number of hydrogen-bond acceptors (Lipinski definition) is 5. The largest absolute Gasteiger partial charge is 0.497 e. The summed E-state index contributed by atoms with van der Waals surface area (Å²) >= 11 is 1.26. The molecule has 9 heteroatoms. The van der Waals surface area contributed by atoms with E-state index in [2.05, 4.69) is 0 Å². The van der Waals surface area contributed by atoms with E-state index in [9.17, 15) is 18.4 Å². The average Bonchev–Trinajstić information content (AvgIpc) is 3.38. The second kappa shape index (κ2) is 10.6. The van der Waals surface area contributed by atoms with Crippen molar-refractivity contribution in [3.63, 3.8) is 0 Å². The van der Waals surface area contributed by atoms with Gasteiger partial charge in [0.1, 0.15) is 23.4 Å². The molecule has 0 N–H and O–H groups in total. The van der Waals surface area contributed by atoms with E-state index in [0.717, 1.165) is 12.1 Å². The molecule has 39 heavy (non-hydrogen) atoms. The maximum absolute atomic E-state index is 15.5. The van der Waals surface area contributed by atoms with Crippen LogP contribution in [0.4, 0.5) is 13.2 Å². The van der Waals surface area contributed by atoms with Crippen molar-refractivity contribution in [3.8, 4) is 22.6 Å². The van der Waals surface area contributed by atoms with Crippen LogP contribution in [0.3, 0.4) is 0 Å². The van der Waals surface area contributed by atoms with Gasteiger partial charge in [0.05, 0.1) is 24.8 Å². The summed E-state index contributed by atoms with van der Waals surface area (Å²) in [6, 6.07) is 13.7. The highest BCUT2D eigenvalue weighted by molar-refractivity contribution is 7.99. The minimum Gasteiger partial charge on any atom is -0.497 e. The first kappa shape index (κ1) is 26.6. The van der Waals surface area contributed by atoms with Crippen LogP contribution >= 0.6 is 11.8 Å². The van der Waals surface area contributed by atoms with Gasteiger partial charge in [-0.3, -0.25) is 14.2 Å². The molecule has 0 amide bonds. The number of aromatic nitrogens is 1. The third kappa shape index (κ3) is 4.61. The number of benzene rings is 3. The molecule has 5 rings (SSSR count). The second-order valence-electron chi connectivity index (χ2n) is 9.08. The first-order valence-corrected chi connectivity index (χ1v) is 13.1. The SMILES string of the molecule is COc1ccc(C(=O)C2CSc3c(Cc4c(F)cccc4F)c(C)c(-c4cccc(OC)c4F)c(=O)n32)cc1. The highest BCUT2D eigenvalue weighted by Crippen LogP contribution is 2.41. The molecule has 3 aromatic carbocycles. The van der Waals surface area contributed by atoms with Crippen molar-refractivity contribution in [1.82, 2.24) is 4.57 Å². The number of nitrogens with zero attached hydrogens (tertiary/aromatic N) is 1. The van der Waals surface area contributed by atoms with E-state index in [1.54, 1.807) is 37.3 Å². The predicted octanol–water partition coefficient (Wildman–Crippen LogP) is 6.38. The van der Waals surface area contributed by atoms with E-state index in [-0.39, 0.29) is 40.4 Å². The summed E-state index contributed by atoms with van der Waals surface area (Å²) in [4.78, 5) is 27.7. The van der Waals surface area contributed by atoms with Gasteiger partial charge in [0.15, 0.2) is 17.3 Å². The van der Waals surface area contributed by atoms with Crippen LogP contribution in [0.15, 0.2) is 70.5 Å². The predicted molar refractivity (Wildman–Crippen MR) is 144 cm³/mol. The second-order valence-corrected chi connectivity index (χ2v) is 10.1. The van der Waals surface area contributed by atoms with Crippen LogP contribution < -0.4 is 15.0 Å². The Labute approximate surface area is 227 Å². The monoisotopic (exact) mass is 551 g/mol. The fraction of sp³-hybridized carbons (Fsp3) is 0.200. The van der Waals surface area contributed by atoms with Crippen molar-refractivity contribution in [2.24, 2.45) is 0 Å². The Hall–Kier alpha value is -3.98. The van der Waals surface area contributed by atoms with E-state index < -0.39 is 29.1 Å². The lowest BCUT2D eigenvalue weighted by atomic mass is 9.93. The van der Waals surface area contributed by atoms with Crippen LogP contribution in [0, 0.1) is 24.4 Å². The van der Waals surface area contributed by atoms with Crippen molar-refractivity contribution in [2.45, 2.75) is 24.4 Å². The molecule has 1 unspecified atom stereocenters. The smallest absolute Gasteiger partial charge is 0.260 e. The molecule has 0 bridgehead atoms. The van der Waals surface area contributed by atoms with Gasteiger partial charge in [0.2, 0.25) is 0 Å². The maximum atomic E-state index is 15.5. The number of thioether (sulfide) groups is 1. The number of Topliss-reactive ketones (excluding diaryl/α,β-unsaturated/α-hetero) is 1. The van der Waals surface area contributed by atoms with E-state index >= 15 is 4.39 Å². The molecule has 0 radical (unpaired) electrons. The third-order valence-corrected chi connectivity index (χ3v) is 8.17. The standard InChI is InChI=1S/C30H24F3NO4S/c1-16-20(14-21-22(31)7-5-8-23(21)32)30-34(29(36)26(16)19-6-4-9-25(38-3)27(19)33)24(15-39-30)28(35)17-10-12-18(37-2)13-11-17/h4-13,24H,14-15H2,1-3H3. The Balaban J connectivity index is 1.75. The van der Waals surface area contributed by atoms with Crippen LogP contribution in [0.25, 0.3) is 11.1 Å². The normalized spacial score (nSPS) is 14.3. The molecule has 1 aromatic heterocycles. The highest BCUT2D eigenvalue weighted by atomic mass is 32.2. The summed E-state index contributed by atoms with van der Waals surface area (Å²) in [6.45, 7) is 1.63. The van der Waals surface area contributed by atoms with Crippen molar-refractivity contribution in [3.05, 3.63) is 111 Å². The Morgan fingerprint density at radius 2 is 1.62 bits per heavy atom. The summed E-state index contributed by atoms with van der Waals surface area (Å²) in [5.74, 6) is -1.77. The number of ketones is 1. The molecular formula is C30H24F3NO4S. The lowest BCUT2D eigenvalue weighted by Crippen LogP contribution is -2.31. The molecule has 4 aromatic rings. The lowest BCUT2D eigenvalue weighted by molar-refractivity contribution is 0.0934. The summed E-state index contributed by atoms with van der Waals surface area (Å²) in [5, 5.41) is 0.430. The minimum atomic E-state index is -0.900. The molecule has 0 fully saturated rings. The minimum absolute atomic E-state index is 0.0110. The van der Waals surface area contributed by atoms with Crippen molar-refractivity contribution < 1.29 is 27.4 Å². The number of hydrogen-bond donors (Lipinski definition) is 0. The number of rotatable bonds is 7. The summed E-state index contributed by atoms with van der Waals surface area (Å²) in [7, 11) is 2.83. The van der Waals surface area contributed by atoms with Crippen molar-refractivity contribution in [1.29, 1.82) is 0 Å². The van der Waals surface area contributed by atoms with E-state index in [1.165, 1.54) is 48.7 Å². The third-order valence-electron chi connectivity index (χ3n) is 6.97.